The molecule has 0 saturated carbocycles. The second-order valence-corrected chi connectivity index (χ2v) is 9.81. The second kappa shape index (κ2) is 12.5. The number of allylic oxidation sites excluding steroid dienone is 1. The van der Waals surface area contributed by atoms with Crippen LogP contribution in [0.5, 0.6) is 5.75 Å². The topological polar surface area (TPSA) is 36.0 Å². The Bertz CT molecular complexity index is 1210. The number of ketones is 1. The molecule has 0 aliphatic carbocycles. The molecule has 5 nitrogen and oxygen atoms in total. The monoisotopic (exact) mass is 485 g/mol. The summed E-state index contributed by atoms with van der Waals surface area (Å²) >= 11 is 0. The highest BCUT2D eigenvalue weighted by Gasteiger charge is 2.12. The molecule has 0 spiro atoms. The number of anilines is 1. The fourth-order valence-corrected chi connectivity index (χ4v) is 4.15. The second-order valence-electron chi connectivity index (χ2n) is 9.81. The number of hydrogen-bond donors (Lipinski definition) is 0. The molecular formula is C31H39N3O2. The Kier molecular flexibility index (Phi) is 9.45. The smallest absolute Gasteiger partial charge is 0.186 e. The van der Waals surface area contributed by atoms with Gasteiger partial charge in [0.25, 0.3) is 0 Å². The van der Waals surface area contributed by atoms with Crippen LogP contribution >= 0.6 is 0 Å². The lowest BCUT2D eigenvalue weighted by Gasteiger charge is -2.23. The summed E-state index contributed by atoms with van der Waals surface area (Å²) in [5.74, 6) is 0.738. The summed E-state index contributed by atoms with van der Waals surface area (Å²) in [6.45, 7) is 4.66. The molecule has 3 aromatic carbocycles. The van der Waals surface area contributed by atoms with Crippen molar-refractivity contribution in [1.82, 2.24) is 9.80 Å². The zero-order valence-corrected chi connectivity index (χ0v) is 22.7. The van der Waals surface area contributed by atoms with Crippen LogP contribution in [0.3, 0.4) is 0 Å². The minimum atomic E-state index is -0.0155. The molecule has 0 unspecified atom stereocenters. The third kappa shape index (κ3) is 7.30. The quantitative estimate of drug-likeness (QED) is 0.260. The molecule has 0 atom stereocenters. The first kappa shape index (κ1) is 27.2. The maximum atomic E-state index is 13.3. The van der Waals surface area contributed by atoms with Gasteiger partial charge in [-0.25, -0.2) is 0 Å². The number of methoxy groups -OCH3 is 1. The Hall–Kier alpha value is -3.41. The van der Waals surface area contributed by atoms with Crippen molar-refractivity contribution in [3.8, 4) is 16.9 Å². The van der Waals surface area contributed by atoms with Gasteiger partial charge in [-0.05, 0) is 105 Å². The Morgan fingerprint density at radius 3 is 2.31 bits per heavy atom. The van der Waals surface area contributed by atoms with E-state index in [0.29, 0.717) is 12.1 Å². The lowest BCUT2D eigenvalue weighted by molar-refractivity contribution is 0.104. The molecule has 0 amide bonds. The van der Waals surface area contributed by atoms with E-state index in [-0.39, 0.29) is 5.78 Å². The van der Waals surface area contributed by atoms with Gasteiger partial charge in [0, 0.05) is 37.9 Å². The number of carbonyl (C=O) groups excluding carboxylic acids is 1. The van der Waals surface area contributed by atoms with Crippen LogP contribution in [-0.2, 0) is 6.54 Å². The largest absolute Gasteiger partial charge is 0.497 e. The van der Waals surface area contributed by atoms with Crippen molar-refractivity contribution in [3.63, 3.8) is 0 Å². The number of aryl methyl sites for hydroxylation is 1. The van der Waals surface area contributed by atoms with Gasteiger partial charge in [0.1, 0.15) is 5.75 Å². The number of nitrogens with zero attached hydrogens (tertiary/aromatic N) is 3. The van der Waals surface area contributed by atoms with E-state index >= 15 is 0 Å². The van der Waals surface area contributed by atoms with Gasteiger partial charge in [-0.2, -0.15) is 0 Å². The van der Waals surface area contributed by atoms with Crippen LogP contribution in [0.4, 0.5) is 5.69 Å². The molecule has 190 valence electrons. The van der Waals surface area contributed by atoms with Gasteiger partial charge in [0.15, 0.2) is 5.78 Å². The van der Waals surface area contributed by atoms with Crippen molar-refractivity contribution < 1.29 is 9.53 Å². The Labute approximate surface area is 216 Å². The predicted molar refractivity (Wildman–Crippen MR) is 152 cm³/mol. The summed E-state index contributed by atoms with van der Waals surface area (Å²) in [5.41, 5.74) is 7.34. The molecule has 0 fully saturated rings. The molecule has 0 bridgehead atoms. The summed E-state index contributed by atoms with van der Waals surface area (Å²) in [6, 6.07) is 20.6. The maximum Gasteiger partial charge on any atom is 0.186 e. The molecule has 5 heteroatoms. The molecule has 0 N–H and O–H groups in total. The molecule has 0 saturated heterocycles. The van der Waals surface area contributed by atoms with E-state index in [9.17, 15) is 4.79 Å². The SMILES string of the molecule is COc1ccc(C(=O)C=Cc2cc(-c3ccccc3C)cc(N(C)CCN(C)C)c2)c(CN(C)C)c1. The van der Waals surface area contributed by atoms with Crippen LogP contribution in [0, 0.1) is 6.92 Å². The minimum absolute atomic E-state index is 0.0155. The van der Waals surface area contributed by atoms with E-state index < -0.39 is 0 Å². The zero-order valence-electron chi connectivity index (χ0n) is 22.7. The molecule has 0 aliphatic heterocycles. The van der Waals surface area contributed by atoms with Gasteiger partial charge in [0.05, 0.1) is 7.11 Å². The molecule has 0 aromatic heterocycles. The summed E-state index contributed by atoms with van der Waals surface area (Å²) in [4.78, 5) is 19.8. The number of rotatable bonds is 11. The third-order valence-electron chi connectivity index (χ3n) is 6.21. The van der Waals surface area contributed by atoms with E-state index in [2.05, 4.69) is 85.2 Å². The third-order valence-corrected chi connectivity index (χ3v) is 6.21. The number of likely N-dealkylation sites (N-methyl/N-ethyl adjacent to an activating group) is 2. The van der Waals surface area contributed by atoms with Gasteiger partial charge in [-0.1, -0.05) is 30.3 Å². The molecule has 3 rings (SSSR count). The fraction of sp³-hybridized carbons (Fsp3) is 0.323. The number of ether oxygens (including phenoxy) is 1. The predicted octanol–water partition coefficient (Wildman–Crippen LogP) is 5.63. The van der Waals surface area contributed by atoms with Crippen molar-refractivity contribution in [3.05, 3.63) is 89.0 Å². The number of hydrogen-bond acceptors (Lipinski definition) is 5. The average molecular weight is 486 g/mol. The first-order valence-electron chi connectivity index (χ1n) is 12.3. The Morgan fingerprint density at radius 1 is 0.889 bits per heavy atom. The van der Waals surface area contributed by atoms with Crippen molar-refractivity contribution in [1.29, 1.82) is 0 Å². The first-order chi connectivity index (χ1) is 17.2. The first-order valence-corrected chi connectivity index (χ1v) is 12.3. The Morgan fingerprint density at radius 2 is 1.64 bits per heavy atom. The standard InChI is InChI=1S/C31H39N3O2/c1-23-10-8-9-11-29(23)25-18-24(19-27(20-25)34(6)17-16-32(2)3)12-15-31(35)30-14-13-28(36-7)21-26(30)22-33(4)5/h8-15,18-21H,16-17,22H2,1-7H3. The van der Waals surface area contributed by atoms with Crippen molar-refractivity contribution in [2.45, 2.75) is 13.5 Å². The summed E-state index contributed by atoms with van der Waals surface area (Å²) < 4.78 is 5.38. The highest BCUT2D eigenvalue weighted by molar-refractivity contribution is 6.08. The van der Waals surface area contributed by atoms with E-state index in [1.807, 2.05) is 38.4 Å². The van der Waals surface area contributed by atoms with Gasteiger partial charge < -0.3 is 19.4 Å². The van der Waals surface area contributed by atoms with Crippen LogP contribution in [0.2, 0.25) is 0 Å². The highest BCUT2D eigenvalue weighted by atomic mass is 16.5. The van der Waals surface area contributed by atoms with Gasteiger partial charge in [-0.3, -0.25) is 4.79 Å². The van der Waals surface area contributed by atoms with E-state index in [1.54, 1.807) is 13.2 Å². The minimum Gasteiger partial charge on any atom is -0.497 e. The molecule has 3 aromatic rings. The molecule has 0 aliphatic rings. The number of carbonyl (C=O) groups is 1. The lowest BCUT2D eigenvalue weighted by atomic mass is 9.97. The average Bonchev–Trinajstić information content (AvgIpc) is 2.85. The highest BCUT2D eigenvalue weighted by Crippen LogP contribution is 2.30. The molecule has 0 heterocycles. The zero-order chi connectivity index (χ0) is 26.2. The van der Waals surface area contributed by atoms with Crippen LogP contribution < -0.4 is 9.64 Å². The summed E-state index contributed by atoms with van der Waals surface area (Å²) in [5, 5.41) is 0. The van der Waals surface area contributed by atoms with Crippen LogP contribution in [-0.4, -0.2) is 71.0 Å². The van der Waals surface area contributed by atoms with Gasteiger partial charge in [0.2, 0.25) is 0 Å². The fourth-order valence-electron chi connectivity index (χ4n) is 4.15. The van der Waals surface area contributed by atoms with E-state index in [0.717, 1.165) is 41.2 Å². The van der Waals surface area contributed by atoms with Crippen molar-refractivity contribution in [2.75, 3.05) is 60.3 Å². The lowest BCUT2D eigenvalue weighted by Crippen LogP contribution is -2.28. The molecule has 36 heavy (non-hydrogen) atoms. The normalized spacial score (nSPS) is 11.5. The Balaban J connectivity index is 1.98. The summed E-state index contributed by atoms with van der Waals surface area (Å²) in [6.07, 6.45) is 3.61. The van der Waals surface area contributed by atoms with Crippen LogP contribution in [0.15, 0.2) is 66.7 Å². The van der Waals surface area contributed by atoms with E-state index in [4.69, 9.17) is 4.74 Å². The van der Waals surface area contributed by atoms with Crippen LogP contribution in [0.25, 0.3) is 17.2 Å². The summed E-state index contributed by atoms with van der Waals surface area (Å²) in [7, 11) is 11.9. The van der Waals surface area contributed by atoms with Crippen molar-refractivity contribution in [2.24, 2.45) is 0 Å². The van der Waals surface area contributed by atoms with E-state index in [1.165, 1.54) is 11.1 Å². The molecular weight excluding hydrogens is 446 g/mol. The van der Waals surface area contributed by atoms with Crippen LogP contribution in [0.1, 0.15) is 27.0 Å². The number of benzene rings is 3. The molecule has 0 radical (unpaired) electrons. The van der Waals surface area contributed by atoms with Gasteiger partial charge in [-0.15, -0.1) is 0 Å². The maximum absolute atomic E-state index is 13.3. The van der Waals surface area contributed by atoms with Gasteiger partial charge >= 0.3 is 0 Å². The van der Waals surface area contributed by atoms with Crippen molar-refractivity contribution >= 4 is 17.5 Å².